The molecule has 180 valence electrons. The first-order valence-corrected chi connectivity index (χ1v) is 13.1. The van der Waals surface area contributed by atoms with E-state index < -0.39 is 0 Å². The summed E-state index contributed by atoms with van der Waals surface area (Å²) in [6, 6.07) is 8.71. The molecule has 0 saturated carbocycles. The van der Waals surface area contributed by atoms with Gasteiger partial charge in [0, 0.05) is 5.41 Å². The second kappa shape index (κ2) is 9.17. The molecule has 34 heavy (non-hydrogen) atoms. The van der Waals surface area contributed by atoms with Gasteiger partial charge in [-0.05, 0) is 61.6 Å². The molecule has 3 heterocycles. The Balaban J connectivity index is 1.98. The van der Waals surface area contributed by atoms with Crippen LogP contribution >= 0.6 is 0 Å². The van der Waals surface area contributed by atoms with E-state index in [2.05, 4.69) is 102 Å². The highest BCUT2D eigenvalue weighted by molar-refractivity contribution is 5.97. The number of allylic oxidation sites excluding steroid dienone is 4. The van der Waals surface area contributed by atoms with Crippen molar-refractivity contribution >= 4 is 22.0 Å². The van der Waals surface area contributed by atoms with Gasteiger partial charge in [0.15, 0.2) is 0 Å². The van der Waals surface area contributed by atoms with Crippen LogP contribution in [0.15, 0.2) is 59.7 Å². The molecule has 0 N–H and O–H groups in total. The maximum atomic E-state index is 13.8. The standard InChI is InChI=1S/C31H41N2O/c1-8-11-14-22(4)15-12-16-23(5)25-21-33-28-27-24(19-20-32(28)29(25)34)17-13-18-26(27)30(6,9-2)31(33,7)10-3/h12-13,15-22H,8-11,14H2,1-7H3/q+1. The van der Waals surface area contributed by atoms with Crippen molar-refractivity contribution in [2.75, 3.05) is 0 Å². The second-order valence-corrected chi connectivity index (χ2v) is 10.7. The van der Waals surface area contributed by atoms with E-state index in [4.69, 9.17) is 0 Å². The lowest BCUT2D eigenvalue weighted by Gasteiger charge is -2.47. The van der Waals surface area contributed by atoms with Crippen LogP contribution in [0.1, 0.15) is 91.7 Å². The summed E-state index contributed by atoms with van der Waals surface area (Å²) < 4.78 is 4.31. The van der Waals surface area contributed by atoms with Gasteiger partial charge in [0.25, 0.3) is 5.65 Å². The van der Waals surface area contributed by atoms with Crippen molar-refractivity contribution in [1.29, 1.82) is 0 Å². The van der Waals surface area contributed by atoms with Gasteiger partial charge in [-0.1, -0.05) is 83.9 Å². The summed E-state index contributed by atoms with van der Waals surface area (Å²) in [6.45, 7) is 15.9. The molecule has 0 bridgehead atoms. The van der Waals surface area contributed by atoms with Crippen LogP contribution in [-0.2, 0) is 11.0 Å². The lowest BCUT2D eigenvalue weighted by Crippen LogP contribution is -2.67. The highest BCUT2D eigenvalue weighted by Crippen LogP contribution is 2.48. The van der Waals surface area contributed by atoms with Crippen LogP contribution in [-0.4, -0.2) is 4.40 Å². The molecule has 0 saturated heterocycles. The van der Waals surface area contributed by atoms with Crippen molar-refractivity contribution in [3.05, 3.63) is 76.4 Å². The highest BCUT2D eigenvalue weighted by Gasteiger charge is 2.53. The third-order valence-electron chi connectivity index (χ3n) is 8.82. The largest absolute Gasteiger partial charge is 0.349 e. The number of unbranched alkanes of at least 4 members (excludes halogenated alkanes) is 1. The monoisotopic (exact) mass is 457 g/mol. The highest BCUT2D eigenvalue weighted by atomic mass is 16.1. The Bertz CT molecular complexity index is 1350. The van der Waals surface area contributed by atoms with Gasteiger partial charge >= 0.3 is 5.56 Å². The minimum atomic E-state index is -0.150. The van der Waals surface area contributed by atoms with E-state index in [1.807, 2.05) is 10.6 Å². The molecule has 0 fully saturated rings. The molecule has 3 atom stereocenters. The van der Waals surface area contributed by atoms with Crippen LogP contribution in [0.5, 0.6) is 0 Å². The third-order valence-corrected chi connectivity index (χ3v) is 8.82. The minimum Gasteiger partial charge on any atom is -0.240 e. The van der Waals surface area contributed by atoms with Gasteiger partial charge < -0.3 is 0 Å². The molecule has 3 aromatic rings. The van der Waals surface area contributed by atoms with Crippen LogP contribution in [0, 0.1) is 5.92 Å². The van der Waals surface area contributed by atoms with Gasteiger partial charge in [0.2, 0.25) is 0 Å². The molecule has 1 aromatic carbocycles. The number of hydrogen-bond acceptors (Lipinski definition) is 1. The Morgan fingerprint density at radius 2 is 1.91 bits per heavy atom. The Morgan fingerprint density at radius 1 is 1.15 bits per heavy atom. The van der Waals surface area contributed by atoms with Crippen LogP contribution in [0.3, 0.4) is 0 Å². The van der Waals surface area contributed by atoms with Crippen molar-refractivity contribution in [2.24, 2.45) is 5.92 Å². The van der Waals surface area contributed by atoms with E-state index in [9.17, 15) is 4.79 Å². The van der Waals surface area contributed by atoms with Crippen LogP contribution in [0.4, 0.5) is 0 Å². The average Bonchev–Trinajstić information content (AvgIpc) is 2.85. The molecule has 1 aliphatic rings. The summed E-state index contributed by atoms with van der Waals surface area (Å²) in [5.74, 6) is 0.552. The molecular formula is C31H41N2O+. The molecule has 0 radical (unpaired) electrons. The van der Waals surface area contributed by atoms with Gasteiger partial charge in [-0.2, -0.15) is 4.40 Å². The van der Waals surface area contributed by atoms with Crippen molar-refractivity contribution in [3.63, 3.8) is 0 Å². The van der Waals surface area contributed by atoms with Gasteiger partial charge in [0.1, 0.15) is 23.5 Å². The van der Waals surface area contributed by atoms with Crippen molar-refractivity contribution < 1.29 is 4.57 Å². The molecule has 0 amide bonds. The Labute approximate surface area is 204 Å². The fraction of sp³-hybridized carbons (Fsp3) is 0.484. The third kappa shape index (κ3) is 3.56. The van der Waals surface area contributed by atoms with Gasteiger partial charge in [-0.25, -0.2) is 9.36 Å². The van der Waals surface area contributed by atoms with Crippen molar-refractivity contribution in [2.45, 2.75) is 91.5 Å². The summed E-state index contributed by atoms with van der Waals surface area (Å²) in [5.41, 5.74) is 4.04. The maximum Gasteiger partial charge on any atom is 0.349 e. The fourth-order valence-electron chi connectivity index (χ4n) is 5.98. The molecule has 0 spiro atoms. The van der Waals surface area contributed by atoms with E-state index in [-0.39, 0.29) is 16.5 Å². The zero-order chi connectivity index (χ0) is 24.7. The van der Waals surface area contributed by atoms with Crippen LogP contribution < -0.4 is 10.1 Å². The average molecular weight is 458 g/mol. The number of benzene rings is 1. The first kappa shape index (κ1) is 24.4. The number of nitrogens with zero attached hydrogens (tertiary/aromatic N) is 2. The minimum absolute atomic E-state index is 0.0400. The summed E-state index contributed by atoms with van der Waals surface area (Å²) in [4.78, 5) is 13.8. The molecule has 1 aliphatic heterocycles. The number of aromatic nitrogens is 2. The van der Waals surface area contributed by atoms with Crippen molar-refractivity contribution in [1.82, 2.24) is 4.40 Å². The molecular weight excluding hydrogens is 416 g/mol. The van der Waals surface area contributed by atoms with Crippen LogP contribution in [0.25, 0.3) is 22.0 Å². The molecule has 3 nitrogen and oxygen atoms in total. The molecule has 4 rings (SSSR count). The quantitative estimate of drug-likeness (QED) is 0.197. The SMILES string of the molecule is CCCCC(C)C=CC=C(C)c1c[n+]2c3c4c(cccc4ccn3c1=O)C(C)(CC)C2(C)CC. The molecule has 3 unspecified atom stereocenters. The zero-order valence-electron chi connectivity index (χ0n) is 22.1. The first-order chi connectivity index (χ1) is 16.2. The Morgan fingerprint density at radius 3 is 2.59 bits per heavy atom. The number of hydrogen-bond donors (Lipinski definition) is 0. The maximum absolute atomic E-state index is 13.8. The predicted octanol–water partition coefficient (Wildman–Crippen LogP) is 7.33. The fourth-order valence-corrected chi connectivity index (χ4v) is 5.98. The summed E-state index contributed by atoms with van der Waals surface area (Å²) in [6.07, 6.45) is 16.3. The summed E-state index contributed by atoms with van der Waals surface area (Å²) >= 11 is 0. The predicted molar refractivity (Wildman–Crippen MR) is 144 cm³/mol. The van der Waals surface area contributed by atoms with E-state index >= 15 is 0 Å². The van der Waals surface area contributed by atoms with Gasteiger partial charge in [0.05, 0.1) is 5.39 Å². The Kier molecular flexibility index (Phi) is 6.59. The van der Waals surface area contributed by atoms with E-state index in [0.29, 0.717) is 5.92 Å². The smallest absolute Gasteiger partial charge is 0.240 e. The Hall–Kier alpha value is -2.68. The molecule has 2 aromatic heterocycles. The van der Waals surface area contributed by atoms with E-state index in [1.54, 1.807) is 0 Å². The topological polar surface area (TPSA) is 25.4 Å². The number of pyridine rings is 1. The zero-order valence-corrected chi connectivity index (χ0v) is 22.1. The number of rotatable bonds is 8. The van der Waals surface area contributed by atoms with Gasteiger partial charge in [-0.15, -0.1) is 0 Å². The lowest BCUT2D eigenvalue weighted by molar-refractivity contribution is -0.753. The van der Waals surface area contributed by atoms with E-state index in [0.717, 1.165) is 29.6 Å². The van der Waals surface area contributed by atoms with Crippen LogP contribution in [0.2, 0.25) is 0 Å². The van der Waals surface area contributed by atoms with E-state index in [1.165, 1.54) is 35.6 Å². The summed E-state index contributed by atoms with van der Waals surface area (Å²) in [5, 5.41) is 2.42. The lowest BCUT2D eigenvalue weighted by atomic mass is 9.62. The second-order valence-electron chi connectivity index (χ2n) is 10.7. The van der Waals surface area contributed by atoms with Gasteiger partial charge in [-0.3, -0.25) is 0 Å². The normalized spacial score (nSPS) is 23.4. The first-order valence-electron chi connectivity index (χ1n) is 13.1. The summed E-state index contributed by atoms with van der Waals surface area (Å²) in [7, 11) is 0. The molecule has 0 aliphatic carbocycles. The molecule has 3 heteroatoms. The van der Waals surface area contributed by atoms with Crippen molar-refractivity contribution in [3.8, 4) is 0 Å².